The number of benzene rings is 1. The Morgan fingerprint density at radius 2 is 2.14 bits per heavy atom. The molecular weight excluding hydrogens is 272 g/mol. The number of fused-ring (bicyclic) bond motifs is 1. The fourth-order valence-electron chi connectivity index (χ4n) is 2.54. The van der Waals surface area contributed by atoms with Gasteiger partial charge in [-0.3, -0.25) is 10.1 Å². The first-order chi connectivity index (χ1) is 10.1. The third-order valence-corrected chi connectivity index (χ3v) is 3.46. The summed E-state index contributed by atoms with van der Waals surface area (Å²) in [4.78, 5) is 26.8. The van der Waals surface area contributed by atoms with Crippen LogP contribution in [0, 0.1) is 0 Å². The summed E-state index contributed by atoms with van der Waals surface area (Å²) in [6, 6.07) is 9.15. The second kappa shape index (κ2) is 5.49. The summed E-state index contributed by atoms with van der Waals surface area (Å²) < 4.78 is 5.65. The summed E-state index contributed by atoms with van der Waals surface area (Å²) in [6.45, 7) is 0.673. The highest BCUT2D eigenvalue weighted by Crippen LogP contribution is 2.32. The molecule has 0 saturated carbocycles. The molecule has 2 N–H and O–H groups in total. The van der Waals surface area contributed by atoms with E-state index in [9.17, 15) is 9.59 Å². The molecule has 1 atom stereocenters. The van der Waals surface area contributed by atoms with Crippen molar-refractivity contribution in [2.24, 2.45) is 0 Å². The summed E-state index contributed by atoms with van der Waals surface area (Å²) in [6.07, 6.45) is 0.258. The Labute approximate surface area is 120 Å². The van der Waals surface area contributed by atoms with Crippen LogP contribution in [-0.4, -0.2) is 28.7 Å². The molecule has 1 aliphatic heterocycles. The van der Waals surface area contributed by atoms with Crippen LogP contribution in [-0.2, 0) is 4.74 Å². The third-order valence-electron chi connectivity index (χ3n) is 3.46. The van der Waals surface area contributed by atoms with Crippen molar-refractivity contribution in [3.63, 3.8) is 0 Å². The first-order valence-corrected chi connectivity index (χ1v) is 6.71. The van der Waals surface area contributed by atoms with E-state index in [1.807, 2.05) is 29.6 Å². The van der Waals surface area contributed by atoms with Gasteiger partial charge in [-0.2, -0.15) is 0 Å². The number of carbonyl (C=O) groups excluding carboxylic acids is 1. The maximum atomic E-state index is 11.9. The van der Waals surface area contributed by atoms with Gasteiger partial charge in [0.15, 0.2) is 0 Å². The number of imide groups is 1. The van der Waals surface area contributed by atoms with Crippen molar-refractivity contribution in [1.29, 1.82) is 0 Å². The molecule has 108 valence electrons. The van der Waals surface area contributed by atoms with Crippen LogP contribution in [0.25, 0.3) is 10.8 Å². The van der Waals surface area contributed by atoms with Crippen LogP contribution in [0.1, 0.15) is 35.1 Å². The summed E-state index contributed by atoms with van der Waals surface area (Å²) >= 11 is 0. The van der Waals surface area contributed by atoms with Crippen LogP contribution in [0.4, 0.5) is 4.79 Å². The predicted octanol–water partition coefficient (Wildman–Crippen LogP) is 2.49. The van der Waals surface area contributed by atoms with E-state index >= 15 is 0 Å². The quantitative estimate of drug-likeness (QED) is 0.885. The third kappa shape index (κ3) is 2.71. The Balaban J connectivity index is 2.10. The van der Waals surface area contributed by atoms with Crippen molar-refractivity contribution < 1.29 is 19.4 Å². The molecular formula is C15H14N2O4. The van der Waals surface area contributed by atoms with Gasteiger partial charge in [0.1, 0.15) is 11.8 Å². The number of hydrogen-bond donors (Lipinski definition) is 2. The van der Waals surface area contributed by atoms with Gasteiger partial charge in [-0.25, -0.2) is 9.78 Å². The zero-order valence-corrected chi connectivity index (χ0v) is 11.2. The first-order valence-electron chi connectivity index (χ1n) is 6.71. The Kier molecular flexibility index (Phi) is 3.53. The van der Waals surface area contributed by atoms with E-state index < -0.39 is 12.0 Å². The number of nitrogens with zero attached hydrogens (tertiary/aromatic N) is 1. The van der Waals surface area contributed by atoms with E-state index in [1.165, 1.54) is 0 Å². The van der Waals surface area contributed by atoms with E-state index in [0.29, 0.717) is 12.3 Å². The van der Waals surface area contributed by atoms with E-state index in [1.54, 1.807) is 6.07 Å². The highest BCUT2D eigenvalue weighted by atomic mass is 16.5. The molecule has 6 heteroatoms. The van der Waals surface area contributed by atoms with E-state index in [4.69, 9.17) is 9.84 Å². The Bertz CT molecular complexity index is 708. The number of rotatable bonds is 2. The largest absolute Gasteiger partial charge is 0.465 e. The van der Waals surface area contributed by atoms with Gasteiger partial charge < -0.3 is 9.84 Å². The molecule has 2 aromatic rings. The summed E-state index contributed by atoms with van der Waals surface area (Å²) in [5.41, 5.74) is 0.780. The van der Waals surface area contributed by atoms with Crippen molar-refractivity contribution in [2.75, 3.05) is 6.61 Å². The van der Waals surface area contributed by atoms with Gasteiger partial charge in [0, 0.05) is 12.0 Å². The van der Waals surface area contributed by atoms with Gasteiger partial charge in [0.25, 0.3) is 5.91 Å². The van der Waals surface area contributed by atoms with E-state index in [2.05, 4.69) is 4.98 Å². The van der Waals surface area contributed by atoms with Crippen LogP contribution in [0.3, 0.4) is 0 Å². The number of carbonyl (C=O) groups is 2. The molecule has 0 radical (unpaired) electrons. The second-order valence-electron chi connectivity index (χ2n) is 4.87. The molecule has 1 aromatic carbocycles. The first kappa shape index (κ1) is 13.5. The van der Waals surface area contributed by atoms with Crippen molar-refractivity contribution >= 4 is 22.8 Å². The molecule has 3 rings (SSSR count). The van der Waals surface area contributed by atoms with Crippen molar-refractivity contribution in [3.8, 4) is 0 Å². The zero-order chi connectivity index (χ0) is 14.8. The van der Waals surface area contributed by atoms with Crippen LogP contribution < -0.4 is 5.32 Å². The SMILES string of the molecule is O=C(O)NC(=O)c1cc2ccccc2c(C2CCCO2)n1. The van der Waals surface area contributed by atoms with Gasteiger partial charge in [0.05, 0.1) is 5.69 Å². The maximum absolute atomic E-state index is 11.9. The number of nitrogens with one attached hydrogen (secondary N) is 1. The molecule has 2 heterocycles. The van der Waals surface area contributed by atoms with Gasteiger partial charge in [-0.1, -0.05) is 24.3 Å². The van der Waals surface area contributed by atoms with E-state index in [0.717, 1.165) is 23.6 Å². The minimum atomic E-state index is -1.39. The molecule has 21 heavy (non-hydrogen) atoms. The molecule has 1 unspecified atom stereocenters. The van der Waals surface area contributed by atoms with Crippen molar-refractivity contribution in [1.82, 2.24) is 10.3 Å². The second-order valence-corrected chi connectivity index (χ2v) is 4.87. The van der Waals surface area contributed by atoms with Gasteiger partial charge in [-0.15, -0.1) is 0 Å². The van der Waals surface area contributed by atoms with Crippen molar-refractivity contribution in [3.05, 3.63) is 41.7 Å². The number of amides is 2. The summed E-state index contributed by atoms with van der Waals surface area (Å²) in [5.74, 6) is -0.729. The molecule has 0 spiro atoms. The highest BCUT2D eigenvalue weighted by molar-refractivity contribution is 6.03. The topological polar surface area (TPSA) is 88.5 Å². The Morgan fingerprint density at radius 3 is 2.86 bits per heavy atom. The molecule has 0 bridgehead atoms. The molecule has 1 aromatic heterocycles. The molecule has 1 saturated heterocycles. The van der Waals surface area contributed by atoms with Crippen LogP contribution in [0.5, 0.6) is 0 Å². The minimum absolute atomic E-state index is 0.0848. The van der Waals surface area contributed by atoms with E-state index in [-0.39, 0.29) is 11.8 Å². The molecule has 6 nitrogen and oxygen atoms in total. The number of pyridine rings is 1. The monoisotopic (exact) mass is 286 g/mol. The molecule has 1 fully saturated rings. The standard InChI is InChI=1S/C15H14N2O4/c18-14(17-15(19)20)11-8-9-4-1-2-5-10(9)13(16-11)12-6-3-7-21-12/h1-2,4-5,8,12H,3,6-7H2,(H,17,18)(H,19,20). The van der Waals surface area contributed by atoms with Crippen LogP contribution in [0.2, 0.25) is 0 Å². The average Bonchev–Trinajstić information content (AvgIpc) is 2.99. The lowest BCUT2D eigenvalue weighted by molar-refractivity contribution is 0.0938. The fourth-order valence-corrected chi connectivity index (χ4v) is 2.54. The lowest BCUT2D eigenvalue weighted by Gasteiger charge is -2.13. The lowest BCUT2D eigenvalue weighted by atomic mass is 10.0. The van der Waals surface area contributed by atoms with Crippen LogP contribution in [0.15, 0.2) is 30.3 Å². The average molecular weight is 286 g/mol. The van der Waals surface area contributed by atoms with Gasteiger partial charge in [0.2, 0.25) is 0 Å². The number of hydrogen-bond acceptors (Lipinski definition) is 4. The summed E-state index contributed by atoms with van der Waals surface area (Å²) in [5, 5.41) is 12.2. The zero-order valence-electron chi connectivity index (χ0n) is 11.2. The number of ether oxygens (including phenoxy) is 1. The fraction of sp³-hybridized carbons (Fsp3) is 0.267. The lowest BCUT2D eigenvalue weighted by Crippen LogP contribution is -2.29. The number of carboxylic acid groups (broad SMARTS) is 1. The maximum Gasteiger partial charge on any atom is 0.411 e. The Morgan fingerprint density at radius 1 is 1.33 bits per heavy atom. The van der Waals surface area contributed by atoms with Crippen molar-refractivity contribution in [2.45, 2.75) is 18.9 Å². The molecule has 0 aliphatic carbocycles. The Hall–Kier alpha value is -2.47. The van der Waals surface area contributed by atoms with Gasteiger partial charge >= 0.3 is 6.09 Å². The number of aromatic nitrogens is 1. The smallest absolute Gasteiger partial charge is 0.411 e. The molecule has 2 amide bonds. The predicted molar refractivity (Wildman–Crippen MR) is 75.2 cm³/mol. The highest BCUT2D eigenvalue weighted by Gasteiger charge is 2.23. The molecule has 1 aliphatic rings. The minimum Gasteiger partial charge on any atom is -0.465 e. The van der Waals surface area contributed by atoms with Gasteiger partial charge in [-0.05, 0) is 24.3 Å². The van der Waals surface area contributed by atoms with Crippen LogP contribution >= 0.6 is 0 Å². The summed E-state index contributed by atoms with van der Waals surface area (Å²) in [7, 11) is 0. The normalized spacial score (nSPS) is 17.8.